The van der Waals surface area contributed by atoms with Crippen molar-refractivity contribution < 1.29 is 14.3 Å². The van der Waals surface area contributed by atoms with E-state index in [0.29, 0.717) is 29.5 Å². The van der Waals surface area contributed by atoms with E-state index in [1.165, 1.54) is 29.9 Å². The summed E-state index contributed by atoms with van der Waals surface area (Å²) in [5.41, 5.74) is 7.32. The molecule has 1 fully saturated rings. The number of anilines is 2. The number of amides is 3. The van der Waals surface area contributed by atoms with Crippen molar-refractivity contribution in [3.05, 3.63) is 54.5 Å². The summed E-state index contributed by atoms with van der Waals surface area (Å²) < 4.78 is 5.21. The summed E-state index contributed by atoms with van der Waals surface area (Å²) in [6, 6.07) is 8.79. The Labute approximate surface area is 183 Å². The van der Waals surface area contributed by atoms with E-state index >= 15 is 0 Å². The highest BCUT2D eigenvalue weighted by Gasteiger charge is 2.28. The molecule has 9 nitrogen and oxygen atoms in total. The van der Waals surface area contributed by atoms with Gasteiger partial charge in [-0.1, -0.05) is 0 Å². The maximum Gasteiger partial charge on any atom is 0.325 e. The van der Waals surface area contributed by atoms with Crippen molar-refractivity contribution in [3.63, 3.8) is 0 Å². The maximum atomic E-state index is 13.2. The molecular weight excluding hydrogens is 416 g/mol. The number of rotatable bonds is 5. The zero-order valence-corrected chi connectivity index (χ0v) is 17.7. The number of urea groups is 1. The second-order valence-corrected chi connectivity index (χ2v) is 8.10. The molecule has 4 N–H and O–H groups in total. The van der Waals surface area contributed by atoms with E-state index in [1.54, 1.807) is 18.1 Å². The van der Waals surface area contributed by atoms with Gasteiger partial charge in [0.25, 0.3) is 5.91 Å². The van der Waals surface area contributed by atoms with Gasteiger partial charge in [-0.3, -0.25) is 20.4 Å². The summed E-state index contributed by atoms with van der Waals surface area (Å²) in [5, 5.41) is 5.86. The average molecular weight is 439 g/mol. The second-order valence-electron chi connectivity index (χ2n) is 7.05. The van der Waals surface area contributed by atoms with Crippen LogP contribution in [0.2, 0.25) is 0 Å². The molecule has 3 amide bonds. The molecule has 1 aliphatic rings. The van der Waals surface area contributed by atoms with Crippen molar-refractivity contribution in [2.75, 3.05) is 30.8 Å². The van der Waals surface area contributed by atoms with E-state index in [9.17, 15) is 9.59 Å². The van der Waals surface area contributed by atoms with E-state index in [1.807, 2.05) is 24.3 Å². The summed E-state index contributed by atoms with van der Waals surface area (Å²) >= 11 is 1.33. The summed E-state index contributed by atoms with van der Waals surface area (Å²) in [5.74, 6) is 0.897. The van der Waals surface area contributed by atoms with Gasteiger partial charge in [0.1, 0.15) is 10.8 Å². The number of carbonyl (C=O) groups is 2. The van der Waals surface area contributed by atoms with Gasteiger partial charge in [-0.25, -0.2) is 9.78 Å². The molecule has 160 valence electrons. The van der Waals surface area contributed by atoms with Crippen LogP contribution in [0.5, 0.6) is 5.75 Å². The van der Waals surface area contributed by atoms with Gasteiger partial charge in [-0.05, 0) is 42.3 Å². The maximum absolute atomic E-state index is 13.2. The molecule has 1 aromatic carbocycles. The van der Waals surface area contributed by atoms with E-state index in [-0.39, 0.29) is 11.9 Å². The van der Waals surface area contributed by atoms with Gasteiger partial charge in [-0.15, -0.1) is 11.3 Å². The summed E-state index contributed by atoms with van der Waals surface area (Å²) in [7, 11) is 1.61. The minimum Gasteiger partial charge on any atom is -0.497 e. The minimum atomic E-state index is -0.504. The lowest BCUT2D eigenvalue weighted by atomic mass is 10.1. The lowest BCUT2D eigenvalue weighted by Crippen LogP contribution is -2.32. The van der Waals surface area contributed by atoms with Crippen LogP contribution in [0.1, 0.15) is 16.8 Å². The molecule has 0 saturated carbocycles. The topological polar surface area (TPSA) is 122 Å². The van der Waals surface area contributed by atoms with Crippen LogP contribution in [0.4, 0.5) is 15.6 Å². The van der Waals surface area contributed by atoms with Crippen molar-refractivity contribution in [3.8, 4) is 16.2 Å². The molecule has 1 saturated heterocycles. The number of aromatic nitrogens is 2. The van der Waals surface area contributed by atoms with Crippen molar-refractivity contribution in [2.45, 2.75) is 12.5 Å². The van der Waals surface area contributed by atoms with Crippen LogP contribution in [-0.4, -0.2) is 53.0 Å². The number of hydrogen-bond acceptors (Lipinski definition) is 7. The third-order valence-corrected chi connectivity index (χ3v) is 5.98. The predicted molar refractivity (Wildman–Crippen MR) is 119 cm³/mol. The first-order valence-electron chi connectivity index (χ1n) is 9.70. The third kappa shape index (κ3) is 4.81. The number of ether oxygens (including phenoxy) is 1. The number of nitrogens with two attached hydrogens (primary N) is 1. The van der Waals surface area contributed by atoms with E-state index in [0.717, 1.165) is 22.6 Å². The van der Waals surface area contributed by atoms with Crippen molar-refractivity contribution in [2.24, 2.45) is 5.73 Å². The van der Waals surface area contributed by atoms with Crippen LogP contribution >= 0.6 is 11.3 Å². The molecule has 0 bridgehead atoms. The first-order chi connectivity index (χ1) is 15.0. The number of methoxy groups -OCH3 is 1. The van der Waals surface area contributed by atoms with Crippen molar-refractivity contribution in [1.29, 1.82) is 0 Å². The number of carbonyl (C=O) groups excluding carboxylic acids is 2. The fraction of sp³-hybridized carbons (Fsp3) is 0.238. The van der Waals surface area contributed by atoms with Gasteiger partial charge >= 0.3 is 6.03 Å². The Morgan fingerprint density at radius 2 is 2.03 bits per heavy atom. The molecule has 3 heterocycles. The van der Waals surface area contributed by atoms with E-state index < -0.39 is 6.03 Å². The van der Waals surface area contributed by atoms with E-state index in [2.05, 4.69) is 20.6 Å². The lowest BCUT2D eigenvalue weighted by molar-refractivity contribution is 0.0792. The number of benzene rings is 1. The Bertz CT molecular complexity index is 1070. The molecule has 2 aromatic heterocycles. The van der Waals surface area contributed by atoms with Gasteiger partial charge < -0.3 is 15.4 Å². The highest BCUT2D eigenvalue weighted by molar-refractivity contribution is 7.20. The zero-order valence-electron chi connectivity index (χ0n) is 16.9. The van der Waals surface area contributed by atoms with Gasteiger partial charge in [-0.2, -0.15) is 0 Å². The lowest BCUT2D eigenvalue weighted by Gasteiger charge is -2.16. The number of likely N-dealkylation sites (tertiary alicyclic amines) is 1. The summed E-state index contributed by atoms with van der Waals surface area (Å²) in [6.45, 7) is 1.09. The molecule has 4 rings (SSSR count). The van der Waals surface area contributed by atoms with Crippen molar-refractivity contribution >= 4 is 34.1 Å². The van der Waals surface area contributed by atoms with Crippen molar-refractivity contribution in [1.82, 2.24) is 14.9 Å². The van der Waals surface area contributed by atoms with Gasteiger partial charge in [0.15, 0.2) is 5.82 Å². The Morgan fingerprint density at radius 3 is 2.68 bits per heavy atom. The quantitative estimate of drug-likeness (QED) is 0.563. The Morgan fingerprint density at radius 1 is 1.23 bits per heavy atom. The summed E-state index contributed by atoms with van der Waals surface area (Å²) in [6.07, 6.45) is 5.20. The molecule has 31 heavy (non-hydrogen) atoms. The second kappa shape index (κ2) is 9.11. The molecule has 1 atom stereocenters. The molecule has 1 aliphatic heterocycles. The first kappa shape index (κ1) is 20.8. The third-order valence-electron chi connectivity index (χ3n) is 4.88. The number of nitrogens with one attached hydrogen (secondary N) is 2. The SMILES string of the molecule is COc1ccc(-c2cc(C(=O)N3CCC(N)C3)c(NC(=O)Nc3cnccn3)s2)cc1. The molecular formula is C21H22N6O3S. The fourth-order valence-electron chi connectivity index (χ4n) is 3.30. The predicted octanol–water partition coefficient (Wildman–Crippen LogP) is 3.03. The molecule has 0 aliphatic carbocycles. The summed E-state index contributed by atoms with van der Waals surface area (Å²) in [4.78, 5) is 36.2. The van der Waals surface area contributed by atoms with Crippen LogP contribution in [0.25, 0.3) is 10.4 Å². The van der Waals surface area contributed by atoms with Gasteiger partial charge in [0, 0.05) is 36.4 Å². The van der Waals surface area contributed by atoms with Crippen LogP contribution < -0.4 is 21.1 Å². The Balaban J connectivity index is 1.61. The smallest absolute Gasteiger partial charge is 0.325 e. The number of nitrogens with zero attached hydrogens (tertiary/aromatic N) is 3. The fourth-order valence-corrected chi connectivity index (χ4v) is 4.35. The first-order valence-corrected chi connectivity index (χ1v) is 10.5. The van der Waals surface area contributed by atoms with Crippen LogP contribution in [0.3, 0.4) is 0 Å². The average Bonchev–Trinajstić information content (AvgIpc) is 3.40. The molecule has 0 radical (unpaired) electrons. The highest BCUT2D eigenvalue weighted by Crippen LogP contribution is 2.37. The van der Waals surface area contributed by atoms with Crippen LogP contribution in [-0.2, 0) is 0 Å². The Kier molecular flexibility index (Phi) is 6.10. The number of thiophene rings is 1. The molecule has 1 unspecified atom stereocenters. The van der Waals surface area contributed by atoms with Crippen LogP contribution in [0, 0.1) is 0 Å². The molecule has 10 heteroatoms. The van der Waals surface area contributed by atoms with Gasteiger partial charge in [0.05, 0.1) is 18.9 Å². The monoisotopic (exact) mass is 438 g/mol. The van der Waals surface area contributed by atoms with Gasteiger partial charge in [0.2, 0.25) is 0 Å². The Hall–Kier alpha value is -3.50. The molecule has 3 aromatic rings. The zero-order chi connectivity index (χ0) is 21.8. The standard InChI is InChI=1S/C21H22N6O3S/c1-30-15-4-2-13(3-5-15)17-10-16(20(28)27-9-6-14(22)12-27)19(31-17)26-21(29)25-18-11-23-7-8-24-18/h2-5,7-8,10-11,14H,6,9,12,22H2,1H3,(H2,24,25,26,29). The normalized spacial score (nSPS) is 15.5. The van der Waals surface area contributed by atoms with E-state index in [4.69, 9.17) is 10.5 Å². The van der Waals surface area contributed by atoms with Crippen LogP contribution in [0.15, 0.2) is 48.9 Å². The minimum absolute atomic E-state index is 0.0278. The number of hydrogen-bond donors (Lipinski definition) is 3. The largest absolute Gasteiger partial charge is 0.497 e. The molecule has 0 spiro atoms. The highest BCUT2D eigenvalue weighted by atomic mass is 32.1.